The van der Waals surface area contributed by atoms with Crippen LogP contribution in [0.2, 0.25) is 0 Å². The van der Waals surface area contributed by atoms with Crippen molar-refractivity contribution < 1.29 is 14.3 Å². The molecule has 2 aromatic heterocycles. The van der Waals surface area contributed by atoms with Gasteiger partial charge in [0.15, 0.2) is 6.10 Å². The summed E-state index contributed by atoms with van der Waals surface area (Å²) in [7, 11) is 0. The van der Waals surface area contributed by atoms with Gasteiger partial charge in [-0.05, 0) is 51.3 Å². The van der Waals surface area contributed by atoms with Crippen molar-refractivity contribution in [1.29, 1.82) is 0 Å². The van der Waals surface area contributed by atoms with Crippen molar-refractivity contribution in [2.75, 3.05) is 11.1 Å². The minimum atomic E-state index is -0.903. The van der Waals surface area contributed by atoms with E-state index in [1.807, 2.05) is 39.0 Å². The number of para-hydroxylation sites is 1. The number of hydrogen-bond acceptors (Lipinski definition) is 7. The van der Waals surface area contributed by atoms with Gasteiger partial charge < -0.3 is 15.8 Å². The number of esters is 1. The van der Waals surface area contributed by atoms with Crippen molar-refractivity contribution in [1.82, 2.24) is 19.6 Å². The lowest BCUT2D eigenvalue weighted by molar-refractivity contribution is -0.153. The third-order valence-electron chi connectivity index (χ3n) is 4.72. The monoisotopic (exact) mass is 396 g/mol. The molecule has 2 heterocycles. The quantitative estimate of drug-likeness (QED) is 0.612. The first-order valence-electron chi connectivity index (χ1n) is 9.30. The summed E-state index contributed by atoms with van der Waals surface area (Å²) in [6, 6.07) is 7.41. The summed E-state index contributed by atoms with van der Waals surface area (Å²) < 4.78 is 6.85. The van der Waals surface area contributed by atoms with E-state index < -0.39 is 12.1 Å². The summed E-state index contributed by atoms with van der Waals surface area (Å²) in [6.07, 6.45) is -0.383. The van der Waals surface area contributed by atoms with E-state index in [1.54, 1.807) is 17.5 Å². The number of ether oxygens (including phenoxy) is 1. The molecular weight excluding hydrogens is 372 g/mol. The SMILES string of the molecule is Cc1ccccc1NC(=O)[C@@H](C)OC(=O)CCc1c(C)nc2nc(N)nn2c1C. The molecular formula is C20H24N6O3. The maximum atomic E-state index is 12.3. The molecule has 1 aromatic carbocycles. The number of nitrogens with two attached hydrogens (primary N) is 1. The zero-order chi connectivity index (χ0) is 21.1. The van der Waals surface area contributed by atoms with Crippen LogP contribution in [0.1, 0.15) is 35.9 Å². The number of benzene rings is 1. The molecule has 152 valence electrons. The molecule has 1 atom stereocenters. The van der Waals surface area contributed by atoms with E-state index in [2.05, 4.69) is 20.4 Å². The summed E-state index contributed by atoms with van der Waals surface area (Å²) in [5.41, 5.74) is 9.70. The standard InChI is InChI=1S/C20H24N6O3/c1-11-7-5-6-8-16(11)23-18(28)14(4)29-17(27)10-9-15-12(2)22-20-24-19(21)25-26(20)13(15)3/h5-8,14H,9-10H2,1-4H3,(H2,21,25)(H,23,28)/t14-/m1/s1. The van der Waals surface area contributed by atoms with Crippen molar-refractivity contribution >= 4 is 29.3 Å². The molecule has 0 aliphatic rings. The van der Waals surface area contributed by atoms with Crippen LogP contribution in [0, 0.1) is 20.8 Å². The molecule has 0 aliphatic heterocycles. The number of fused-ring (bicyclic) bond motifs is 1. The highest BCUT2D eigenvalue weighted by Crippen LogP contribution is 2.17. The van der Waals surface area contributed by atoms with Gasteiger partial charge >= 0.3 is 5.97 Å². The third kappa shape index (κ3) is 4.50. The number of carbonyl (C=O) groups is 2. The fraction of sp³-hybridized carbons (Fsp3) is 0.350. The average molecular weight is 396 g/mol. The smallest absolute Gasteiger partial charge is 0.306 e. The minimum absolute atomic E-state index is 0.112. The van der Waals surface area contributed by atoms with Crippen molar-refractivity contribution in [3.8, 4) is 0 Å². The van der Waals surface area contributed by atoms with Crippen molar-refractivity contribution in [2.45, 2.75) is 46.6 Å². The van der Waals surface area contributed by atoms with Gasteiger partial charge in [0.05, 0.1) is 0 Å². The summed E-state index contributed by atoms with van der Waals surface area (Å²) in [5.74, 6) is -0.272. The molecule has 3 N–H and O–H groups in total. The molecule has 0 spiro atoms. The molecule has 3 rings (SSSR count). The van der Waals surface area contributed by atoms with E-state index in [0.717, 1.165) is 22.5 Å². The maximum absolute atomic E-state index is 12.3. The Bertz CT molecular complexity index is 1080. The molecule has 0 fully saturated rings. The fourth-order valence-electron chi connectivity index (χ4n) is 3.07. The van der Waals surface area contributed by atoms with E-state index in [-0.39, 0.29) is 18.3 Å². The first-order chi connectivity index (χ1) is 13.8. The number of rotatable bonds is 6. The van der Waals surface area contributed by atoms with Crippen LogP contribution < -0.4 is 11.1 Å². The molecule has 0 bridgehead atoms. The van der Waals surface area contributed by atoms with E-state index in [1.165, 1.54) is 0 Å². The molecule has 0 aliphatic carbocycles. The van der Waals surface area contributed by atoms with Gasteiger partial charge in [-0.1, -0.05) is 18.2 Å². The van der Waals surface area contributed by atoms with E-state index in [0.29, 0.717) is 17.9 Å². The number of anilines is 2. The van der Waals surface area contributed by atoms with Gasteiger partial charge in [-0.15, -0.1) is 5.10 Å². The van der Waals surface area contributed by atoms with Crippen LogP contribution in [-0.4, -0.2) is 37.6 Å². The lowest BCUT2D eigenvalue weighted by atomic mass is 10.1. The Labute approximate surface area is 168 Å². The van der Waals surface area contributed by atoms with Gasteiger partial charge in [-0.3, -0.25) is 9.59 Å². The molecule has 9 heteroatoms. The second kappa shape index (κ2) is 8.26. The number of amides is 1. The maximum Gasteiger partial charge on any atom is 0.306 e. The number of hydrogen-bond donors (Lipinski definition) is 2. The van der Waals surface area contributed by atoms with Crippen LogP contribution in [0.5, 0.6) is 0 Å². The van der Waals surface area contributed by atoms with Gasteiger partial charge in [0.2, 0.25) is 5.95 Å². The molecule has 9 nitrogen and oxygen atoms in total. The summed E-state index contributed by atoms with van der Waals surface area (Å²) >= 11 is 0. The van der Waals surface area contributed by atoms with Crippen LogP contribution in [-0.2, 0) is 20.7 Å². The number of aryl methyl sites for hydroxylation is 3. The zero-order valence-electron chi connectivity index (χ0n) is 16.9. The van der Waals surface area contributed by atoms with Gasteiger partial charge in [0.1, 0.15) is 0 Å². The highest BCUT2D eigenvalue weighted by molar-refractivity contribution is 5.95. The predicted molar refractivity (Wildman–Crippen MR) is 108 cm³/mol. The molecule has 1 amide bonds. The average Bonchev–Trinajstić information content (AvgIpc) is 3.03. The lowest BCUT2D eigenvalue weighted by Gasteiger charge is -2.15. The minimum Gasteiger partial charge on any atom is -0.453 e. The fourth-order valence-corrected chi connectivity index (χ4v) is 3.07. The van der Waals surface area contributed by atoms with Crippen molar-refractivity contribution in [2.24, 2.45) is 0 Å². The summed E-state index contributed by atoms with van der Waals surface area (Å²) in [4.78, 5) is 33.0. The Balaban J connectivity index is 1.60. The van der Waals surface area contributed by atoms with Gasteiger partial charge in [-0.2, -0.15) is 9.50 Å². The van der Waals surface area contributed by atoms with Gasteiger partial charge in [0.25, 0.3) is 11.7 Å². The Morgan fingerprint density at radius 1 is 1.21 bits per heavy atom. The molecule has 0 unspecified atom stereocenters. The first kappa shape index (κ1) is 20.2. The Morgan fingerprint density at radius 2 is 1.93 bits per heavy atom. The van der Waals surface area contributed by atoms with E-state index in [9.17, 15) is 9.59 Å². The van der Waals surface area contributed by atoms with Crippen molar-refractivity contribution in [3.05, 3.63) is 46.8 Å². The largest absolute Gasteiger partial charge is 0.453 e. The van der Waals surface area contributed by atoms with Gasteiger partial charge in [-0.25, -0.2) is 4.98 Å². The van der Waals surface area contributed by atoms with Gasteiger partial charge in [0, 0.05) is 23.5 Å². The van der Waals surface area contributed by atoms with Crippen LogP contribution >= 0.6 is 0 Å². The van der Waals surface area contributed by atoms with Crippen molar-refractivity contribution in [3.63, 3.8) is 0 Å². The number of nitrogens with zero attached hydrogens (tertiary/aromatic N) is 4. The highest BCUT2D eigenvalue weighted by Gasteiger charge is 2.20. The van der Waals surface area contributed by atoms with Crippen LogP contribution in [0.25, 0.3) is 5.78 Å². The Kier molecular flexibility index (Phi) is 5.76. The van der Waals surface area contributed by atoms with Crippen LogP contribution in [0.3, 0.4) is 0 Å². The normalized spacial score (nSPS) is 12.0. The Morgan fingerprint density at radius 3 is 2.66 bits per heavy atom. The number of carbonyl (C=O) groups excluding carboxylic acids is 2. The second-order valence-corrected chi connectivity index (χ2v) is 6.88. The number of nitrogens with one attached hydrogen (secondary N) is 1. The number of nitrogen functional groups attached to an aromatic ring is 1. The highest BCUT2D eigenvalue weighted by atomic mass is 16.5. The van der Waals surface area contributed by atoms with Crippen LogP contribution in [0.15, 0.2) is 24.3 Å². The number of aromatic nitrogens is 4. The van der Waals surface area contributed by atoms with E-state index in [4.69, 9.17) is 10.5 Å². The predicted octanol–water partition coefficient (Wildman–Crippen LogP) is 2.13. The molecule has 0 saturated heterocycles. The lowest BCUT2D eigenvalue weighted by Crippen LogP contribution is -2.30. The summed E-state index contributed by atoms with van der Waals surface area (Å²) in [5, 5.41) is 6.89. The molecule has 0 radical (unpaired) electrons. The molecule has 3 aromatic rings. The van der Waals surface area contributed by atoms with Crippen LogP contribution in [0.4, 0.5) is 11.6 Å². The zero-order valence-corrected chi connectivity index (χ0v) is 16.9. The summed E-state index contributed by atoms with van der Waals surface area (Å²) in [6.45, 7) is 7.16. The second-order valence-electron chi connectivity index (χ2n) is 6.88. The third-order valence-corrected chi connectivity index (χ3v) is 4.72. The first-order valence-corrected chi connectivity index (χ1v) is 9.30. The molecule has 29 heavy (non-hydrogen) atoms. The molecule has 0 saturated carbocycles. The Hall–Kier alpha value is -3.49. The topological polar surface area (TPSA) is 124 Å². The van der Waals surface area contributed by atoms with E-state index >= 15 is 0 Å².